The normalized spacial score (nSPS) is 18.1. The number of likely N-dealkylation sites (tertiary alicyclic amines) is 1. The fourth-order valence-corrected chi connectivity index (χ4v) is 1.09. The van der Waals surface area contributed by atoms with Crippen molar-refractivity contribution in [2.75, 3.05) is 6.54 Å². The van der Waals surface area contributed by atoms with Gasteiger partial charge in [0, 0.05) is 6.54 Å². The molecule has 0 spiro atoms. The lowest BCUT2D eigenvalue weighted by Crippen LogP contribution is -2.33. The number of rotatable bonds is 0. The summed E-state index contributed by atoms with van der Waals surface area (Å²) in [6, 6.07) is 0. The maximum Gasteiger partial charge on any atom is 0.410 e. The molecule has 0 saturated carbocycles. The maximum atomic E-state index is 11.3. The zero-order valence-electron chi connectivity index (χ0n) is 7.96. The third-order valence-electron chi connectivity index (χ3n) is 1.58. The highest BCUT2D eigenvalue weighted by molar-refractivity contribution is 5.69. The van der Waals surface area contributed by atoms with Crippen molar-refractivity contribution in [3.8, 4) is 0 Å². The first-order chi connectivity index (χ1) is 5.49. The van der Waals surface area contributed by atoms with Crippen LogP contribution in [0.15, 0.2) is 0 Å². The van der Waals surface area contributed by atoms with Crippen LogP contribution in [-0.2, 0) is 4.74 Å². The molecule has 0 atom stereocenters. The van der Waals surface area contributed by atoms with Gasteiger partial charge in [-0.05, 0) is 33.6 Å². The molecule has 0 aromatic rings. The van der Waals surface area contributed by atoms with Crippen molar-refractivity contribution in [3.63, 3.8) is 0 Å². The zero-order chi connectivity index (χ0) is 9.19. The number of amides is 1. The van der Waals surface area contributed by atoms with Crippen molar-refractivity contribution in [2.45, 2.75) is 39.2 Å². The van der Waals surface area contributed by atoms with Crippen molar-refractivity contribution >= 4 is 6.09 Å². The quantitative estimate of drug-likeness (QED) is 0.557. The average Bonchev–Trinajstić information content (AvgIpc) is 2.32. The van der Waals surface area contributed by atoms with Gasteiger partial charge in [0.2, 0.25) is 0 Å². The molecule has 0 unspecified atom stereocenters. The predicted octanol–water partition coefficient (Wildman–Crippen LogP) is 2.18. The summed E-state index contributed by atoms with van der Waals surface area (Å²) >= 11 is 0. The molecule has 1 saturated heterocycles. The SMILES string of the molecule is CC(C)(C)OC(=O)N1[CH]CCC1. The minimum absolute atomic E-state index is 0.222. The lowest BCUT2D eigenvalue weighted by molar-refractivity contribution is 0.0332. The monoisotopic (exact) mass is 170 g/mol. The maximum absolute atomic E-state index is 11.3. The molecular weight excluding hydrogens is 154 g/mol. The van der Waals surface area contributed by atoms with Crippen molar-refractivity contribution < 1.29 is 9.53 Å². The van der Waals surface area contributed by atoms with Crippen LogP contribution in [0.1, 0.15) is 33.6 Å². The first-order valence-corrected chi connectivity index (χ1v) is 4.32. The molecular formula is C9H16NO2. The molecule has 0 aliphatic carbocycles. The van der Waals surface area contributed by atoms with Gasteiger partial charge in [-0.3, -0.25) is 0 Å². The Morgan fingerprint density at radius 2 is 2.17 bits per heavy atom. The van der Waals surface area contributed by atoms with E-state index < -0.39 is 0 Å². The summed E-state index contributed by atoms with van der Waals surface area (Å²) in [6.45, 7) is 8.33. The number of carbonyl (C=O) groups is 1. The van der Waals surface area contributed by atoms with E-state index in [0.717, 1.165) is 19.4 Å². The topological polar surface area (TPSA) is 29.5 Å². The van der Waals surface area contributed by atoms with E-state index in [4.69, 9.17) is 4.74 Å². The molecule has 1 rings (SSSR count). The van der Waals surface area contributed by atoms with Crippen LogP contribution in [-0.4, -0.2) is 23.1 Å². The minimum Gasteiger partial charge on any atom is -0.444 e. The predicted molar refractivity (Wildman–Crippen MR) is 46.5 cm³/mol. The van der Waals surface area contributed by atoms with Crippen molar-refractivity contribution in [2.24, 2.45) is 0 Å². The van der Waals surface area contributed by atoms with Crippen LogP contribution in [0.25, 0.3) is 0 Å². The Morgan fingerprint density at radius 1 is 1.50 bits per heavy atom. The lowest BCUT2D eigenvalue weighted by atomic mass is 10.2. The van der Waals surface area contributed by atoms with Gasteiger partial charge in [-0.1, -0.05) is 0 Å². The van der Waals surface area contributed by atoms with Gasteiger partial charge in [0.1, 0.15) is 5.60 Å². The molecule has 1 aliphatic heterocycles. The second-order valence-corrected chi connectivity index (χ2v) is 4.00. The summed E-state index contributed by atoms with van der Waals surface area (Å²) in [6.07, 6.45) is 1.82. The van der Waals surface area contributed by atoms with Crippen molar-refractivity contribution in [3.05, 3.63) is 6.54 Å². The molecule has 69 valence electrons. The standard InChI is InChI=1S/C9H16NO2/c1-9(2,3)12-8(11)10-6-4-5-7-10/h6H,4-5,7H2,1-3H3. The smallest absolute Gasteiger partial charge is 0.410 e. The second-order valence-electron chi connectivity index (χ2n) is 4.00. The summed E-state index contributed by atoms with van der Waals surface area (Å²) in [5.41, 5.74) is -0.381. The van der Waals surface area contributed by atoms with Gasteiger partial charge in [-0.15, -0.1) is 0 Å². The highest BCUT2D eigenvalue weighted by Gasteiger charge is 2.24. The Kier molecular flexibility index (Phi) is 2.60. The largest absolute Gasteiger partial charge is 0.444 e. The van der Waals surface area contributed by atoms with Gasteiger partial charge >= 0.3 is 6.09 Å². The fraction of sp³-hybridized carbons (Fsp3) is 0.778. The van der Waals surface area contributed by atoms with Crippen LogP contribution in [0, 0.1) is 6.54 Å². The van der Waals surface area contributed by atoms with Crippen LogP contribution in [0.4, 0.5) is 4.79 Å². The number of hydrogen-bond acceptors (Lipinski definition) is 2. The second kappa shape index (κ2) is 3.33. The van der Waals surface area contributed by atoms with Gasteiger partial charge < -0.3 is 9.64 Å². The van der Waals surface area contributed by atoms with E-state index in [-0.39, 0.29) is 11.7 Å². The van der Waals surface area contributed by atoms with Crippen LogP contribution in [0.2, 0.25) is 0 Å². The van der Waals surface area contributed by atoms with Crippen LogP contribution in [0.5, 0.6) is 0 Å². The summed E-state index contributed by atoms with van der Waals surface area (Å²) in [5.74, 6) is 0. The first-order valence-electron chi connectivity index (χ1n) is 4.32. The molecule has 3 nitrogen and oxygen atoms in total. The van der Waals surface area contributed by atoms with Gasteiger partial charge in [0.15, 0.2) is 0 Å². The van der Waals surface area contributed by atoms with E-state index in [0.29, 0.717) is 0 Å². The number of carbonyl (C=O) groups excluding carboxylic acids is 1. The number of nitrogens with zero attached hydrogens (tertiary/aromatic N) is 1. The minimum atomic E-state index is -0.381. The molecule has 0 aromatic heterocycles. The Labute approximate surface area is 73.7 Å². The third kappa shape index (κ3) is 2.72. The summed E-state index contributed by atoms with van der Waals surface area (Å²) in [5, 5.41) is 0. The highest BCUT2D eigenvalue weighted by Crippen LogP contribution is 2.16. The number of ether oxygens (including phenoxy) is 1. The van der Waals surface area contributed by atoms with Crippen molar-refractivity contribution in [1.82, 2.24) is 4.90 Å². The van der Waals surface area contributed by atoms with Crippen LogP contribution in [0.3, 0.4) is 0 Å². The molecule has 0 aromatic carbocycles. The van der Waals surface area contributed by atoms with E-state index in [2.05, 4.69) is 0 Å². The van der Waals surface area contributed by atoms with Crippen LogP contribution >= 0.6 is 0 Å². The third-order valence-corrected chi connectivity index (χ3v) is 1.58. The Bertz CT molecular complexity index is 166. The highest BCUT2D eigenvalue weighted by atomic mass is 16.6. The molecule has 1 aliphatic rings. The molecule has 12 heavy (non-hydrogen) atoms. The molecule has 1 radical (unpaired) electrons. The van der Waals surface area contributed by atoms with E-state index >= 15 is 0 Å². The van der Waals surface area contributed by atoms with Crippen molar-refractivity contribution in [1.29, 1.82) is 0 Å². The molecule has 1 heterocycles. The molecule has 1 amide bonds. The Balaban J connectivity index is 2.37. The van der Waals surface area contributed by atoms with Crippen LogP contribution < -0.4 is 0 Å². The average molecular weight is 170 g/mol. The van der Waals surface area contributed by atoms with Gasteiger partial charge in [0.05, 0.1) is 6.54 Å². The fourth-order valence-electron chi connectivity index (χ4n) is 1.09. The number of hydrogen-bond donors (Lipinski definition) is 0. The Morgan fingerprint density at radius 3 is 2.58 bits per heavy atom. The van der Waals surface area contributed by atoms with E-state index in [9.17, 15) is 4.79 Å². The van der Waals surface area contributed by atoms with E-state index in [1.165, 1.54) is 0 Å². The van der Waals surface area contributed by atoms with Gasteiger partial charge in [-0.2, -0.15) is 0 Å². The summed E-state index contributed by atoms with van der Waals surface area (Å²) < 4.78 is 5.18. The molecule has 3 heteroatoms. The first kappa shape index (κ1) is 9.36. The lowest BCUT2D eigenvalue weighted by Gasteiger charge is -2.23. The summed E-state index contributed by atoms with van der Waals surface area (Å²) in [4.78, 5) is 13.0. The van der Waals surface area contributed by atoms with E-state index in [1.807, 2.05) is 27.3 Å². The van der Waals surface area contributed by atoms with E-state index in [1.54, 1.807) is 4.90 Å². The van der Waals surface area contributed by atoms with Gasteiger partial charge in [-0.25, -0.2) is 4.79 Å². The Hall–Kier alpha value is -0.730. The molecule has 1 fully saturated rings. The molecule has 0 N–H and O–H groups in total. The van der Waals surface area contributed by atoms with Gasteiger partial charge in [0.25, 0.3) is 0 Å². The molecule has 0 bridgehead atoms. The zero-order valence-corrected chi connectivity index (χ0v) is 7.96. The summed E-state index contributed by atoms with van der Waals surface area (Å²) in [7, 11) is 0.